The van der Waals surface area contributed by atoms with Gasteiger partial charge >= 0.3 is 0 Å². The van der Waals surface area contributed by atoms with E-state index in [1.807, 2.05) is 13.0 Å². The highest BCUT2D eigenvalue weighted by Gasteiger charge is 2.12. The van der Waals surface area contributed by atoms with Crippen molar-refractivity contribution >= 4 is 11.6 Å². The molecule has 0 fully saturated rings. The van der Waals surface area contributed by atoms with Gasteiger partial charge in [0.2, 0.25) is 0 Å². The van der Waals surface area contributed by atoms with Gasteiger partial charge in [0.25, 0.3) is 5.91 Å². The van der Waals surface area contributed by atoms with Crippen molar-refractivity contribution in [3.05, 3.63) is 64.7 Å². The van der Waals surface area contributed by atoms with Crippen LogP contribution in [0.4, 0.5) is 14.5 Å². The summed E-state index contributed by atoms with van der Waals surface area (Å²) >= 11 is 0. The van der Waals surface area contributed by atoms with Crippen molar-refractivity contribution in [3.63, 3.8) is 0 Å². The van der Waals surface area contributed by atoms with Crippen LogP contribution in [-0.2, 0) is 0 Å². The topological polar surface area (TPSA) is 55.1 Å². The maximum Gasteiger partial charge on any atom is 0.251 e. The fourth-order valence-corrected chi connectivity index (χ4v) is 2.02. The summed E-state index contributed by atoms with van der Waals surface area (Å²) in [5, 5.41) is 3.09. The van der Waals surface area contributed by atoms with Gasteiger partial charge in [-0.3, -0.25) is 4.79 Å². The van der Waals surface area contributed by atoms with Crippen LogP contribution < -0.4 is 11.1 Å². The van der Waals surface area contributed by atoms with Gasteiger partial charge in [0.1, 0.15) is 11.6 Å². The van der Waals surface area contributed by atoms with Crippen LogP contribution >= 0.6 is 0 Å². The number of anilines is 1. The van der Waals surface area contributed by atoms with Crippen molar-refractivity contribution in [1.82, 2.24) is 0 Å². The smallest absolute Gasteiger partial charge is 0.251 e. The molecular weight excluding hydrogens is 274 g/mol. The number of carbonyl (C=O) groups excluding carboxylic acids is 1. The van der Waals surface area contributed by atoms with Gasteiger partial charge in [-0.15, -0.1) is 0 Å². The number of amides is 1. The number of nitrogens with one attached hydrogen (secondary N) is 1. The summed E-state index contributed by atoms with van der Waals surface area (Å²) in [6, 6.07) is 8.78. The van der Waals surface area contributed by atoms with Crippen LogP contribution in [0.15, 0.2) is 36.4 Å². The molecule has 0 spiro atoms. The fourth-order valence-electron chi connectivity index (χ4n) is 2.02. The molecule has 0 bridgehead atoms. The van der Waals surface area contributed by atoms with E-state index in [9.17, 15) is 13.6 Å². The highest BCUT2D eigenvalue weighted by Crippen LogP contribution is 2.22. The minimum atomic E-state index is -0.829. The van der Waals surface area contributed by atoms with Gasteiger partial charge in [0.15, 0.2) is 0 Å². The zero-order valence-electron chi connectivity index (χ0n) is 11.8. The lowest BCUT2D eigenvalue weighted by atomic mass is 10.1. The average molecular weight is 290 g/mol. The Kier molecular flexibility index (Phi) is 4.21. The third kappa shape index (κ3) is 3.37. The molecule has 0 radical (unpaired) electrons. The first-order valence-corrected chi connectivity index (χ1v) is 6.50. The molecule has 110 valence electrons. The Morgan fingerprint density at radius 3 is 2.48 bits per heavy atom. The molecule has 5 heteroatoms. The van der Waals surface area contributed by atoms with E-state index in [1.54, 1.807) is 13.0 Å². The minimum Gasteiger partial charge on any atom is -0.378 e. The van der Waals surface area contributed by atoms with Crippen molar-refractivity contribution in [2.24, 2.45) is 5.73 Å². The number of hydrogen-bond acceptors (Lipinski definition) is 2. The Bertz CT molecular complexity index is 686. The molecule has 3 nitrogen and oxygen atoms in total. The Balaban J connectivity index is 2.23. The molecule has 3 N–H and O–H groups in total. The molecule has 1 amide bonds. The summed E-state index contributed by atoms with van der Waals surface area (Å²) < 4.78 is 27.0. The summed E-state index contributed by atoms with van der Waals surface area (Å²) in [5.74, 6) is -1.77. The normalized spacial score (nSPS) is 12.0. The highest BCUT2D eigenvalue weighted by molar-refractivity contribution is 5.94. The largest absolute Gasteiger partial charge is 0.378 e. The van der Waals surface area contributed by atoms with E-state index in [2.05, 4.69) is 5.32 Å². The number of nitrogens with two attached hydrogens (primary N) is 1. The number of hydrogen-bond donors (Lipinski definition) is 2. The van der Waals surface area contributed by atoms with Gasteiger partial charge in [-0.25, -0.2) is 8.78 Å². The van der Waals surface area contributed by atoms with Crippen LogP contribution in [0.2, 0.25) is 0 Å². The van der Waals surface area contributed by atoms with E-state index in [-0.39, 0.29) is 17.4 Å². The average Bonchev–Trinajstić information content (AvgIpc) is 2.43. The van der Waals surface area contributed by atoms with E-state index < -0.39 is 11.7 Å². The van der Waals surface area contributed by atoms with E-state index >= 15 is 0 Å². The zero-order chi connectivity index (χ0) is 15.6. The summed E-state index contributed by atoms with van der Waals surface area (Å²) in [6.45, 7) is 3.54. The van der Waals surface area contributed by atoms with Crippen LogP contribution in [-0.4, -0.2) is 5.91 Å². The Hall–Kier alpha value is -2.43. The lowest BCUT2D eigenvalue weighted by molar-refractivity contribution is 0.0996. The van der Waals surface area contributed by atoms with Gasteiger partial charge in [-0.05, 0) is 49.2 Å². The van der Waals surface area contributed by atoms with Crippen molar-refractivity contribution in [2.45, 2.75) is 19.9 Å². The second-order valence-corrected chi connectivity index (χ2v) is 4.93. The molecule has 0 saturated heterocycles. The second kappa shape index (κ2) is 5.91. The molecule has 21 heavy (non-hydrogen) atoms. The molecule has 0 aliphatic heterocycles. The fraction of sp³-hybridized carbons (Fsp3) is 0.188. The number of benzene rings is 2. The standard InChI is InChI=1S/C16H16F2N2O/c1-9-3-4-11(7-15(9)18)10(2)20-12-5-6-14(17)13(8-12)16(19)21/h3-8,10,20H,1-2H3,(H2,19,21). The number of halogens is 2. The Labute approximate surface area is 121 Å². The third-order valence-electron chi connectivity index (χ3n) is 3.31. The highest BCUT2D eigenvalue weighted by atomic mass is 19.1. The Morgan fingerprint density at radius 2 is 1.86 bits per heavy atom. The molecule has 0 saturated carbocycles. The maximum atomic E-state index is 13.6. The number of aryl methyl sites for hydroxylation is 1. The van der Waals surface area contributed by atoms with Gasteiger partial charge in [0.05, 0.1) is 5.56 Å². The van der Waals surface area contributed by atoms with Gasteiger partial charge in [0, 0.05) is 11.7 Å². The molecule has 0 heterocycles. The van der Waals surface area contributed by atoms with Gasteiger partial charge < -0.3 is 11.1 Å². The van der Waals surface area contributed by atoms with Crippen LogP contribution in [0.3, 0.4) is 0 Å². The number of carbonyl (C=O) groups is 1. The molecule has 2 rings (SSSR count). The number of primary amides is 1. The summed E-state index contributed by atoms with van der Waals surface area (Å²) in [4.78, 5) is 11.1. The van der Waals surface area contributed by atoms with Crippen LogP contribution in [0.1, 0.15) is 34.5 Å². The predicted molar refractivity (Wildman–Crippen MR) is 78.1 cm³/mol. The Morgan fingerprint density at radius 1 is 1.14 bits per heavy atom. The predicted octanol–water partition coefficient (Wildman–Crippen LogP) is 3.55. The van der Waals surface area contributed by atoms with Gasteiger partial charge in [-0.2, -0.15) is 0 Å². The quantitative estimate of drug-likeness (QED) is 0.904. The van der Waals surface area contributed by atoms with Gasteiger partial charge in [-0.1, -0.05) is 12.1 Å². The maximum absolute atomic E-state index is 13.6. The summed E-state index contributed by atoms with van der Waals surface area (Å²) in [5.41, 5.74) is 6.79. The monoisotopic (exact) mass is 290 g/mol. The van der Waals surface area contributed by atoms with E-state index in [1.165, 1.54) is 24.3 Å². The van der Waals surface area contributed by atoms with Crippen molar-refractivity contribution < 1.29 is 13.6 Å². The number of rotatable bonds is 4. The van der Waals surface area contributed by atoms with Crippen molar-refractivity contribution in [2.75, 3.05) is 5.32 Å². The summed E-state index contributed by atoms with van der Waals surface area (Å²) in [7, 11) is 0. The first-order valence-electron chi connectivity index (χ1n) is 6.50. The lowest BCUT2D eigenvalue weighted by Crippen LogP contribution is -2.14. The summed E-state index contributed by atoms with van der Waals surface area (Å²) in [6.07, 6.45) is 0. The van der Waals surface area contributed by atoms with Crippen LogP contribution in [0.5, 0.6) is 0 Å². The molecule has 2 aromatic rings. The molecule has 2 aromatic carbocycles. The lowest BCUT2D eigenvalue weighted by Gasteiger charge is -2.17. The molecule has 1 atom stereocenters. The van der Waals surface area contributed by atoms with Crippen molar-refractivity contribution in [1.29, 1.82) is 0 Å². The molecule has 1 unspecified atom stereocenters. The SMILES string of the molecule is Cc1ccc(C(C)Nc2ccc(F)c(C(N)=O)c2)cc1F. The first kappa shape index (κ1) is 15.0. The van der Waals surface area contributed by atoms with E-state index in [0.717, 1.165) is 5.56 Å². The zero-order valence-corrected chi connectivity index (χ0v) is 11.8. The molecule has 0 aromatic heterocycles. The molecule has 0 aliphatic carbocycles. The first-order chi connectivity index (χ1) is 9.88. The van der Waals surface area contributed by atoms with Crippen molar-refractivity contribution in [3.8, 4) is 0 Å². The van der Waals surface area contributed by atoms with E-state index in [4.69, 9.17) is 5.73 Å². The second-order valence-electron chi connectivity index (χ2n) is 4.93. The van der Waals surface area contributed by atoms with Crippen LogP contribution in [0, 0.1) is 18.6 Å². The third-order valence-corrected chi connectivity index (χ3v) is 3.31. The molecule has 0 aliphatic rings. The minimum absolute atomic E-state index is 0.178. The van der Waals surface area contributed by atoms with Crippen LogP contribution in [0.25, 0.3) is 0 Å². The van der Waals surface area contributed by atoms with E-state index in [0.29, 0.717) is 11.3 Å². The molecular formula is C16H16F2N2O.